The van der Waals surface area contributed by atoms with E-state index in [1.165, 1.54) is 0 Å². The first kappa shape index (κ1) is 13.1. The third kappa shape index (κ3) is 3.90. The fourth-order valence-electron chi connectivity index (χ4n) is 1.57. The van der Waals surface area contributed by atoms with Crippen molar-refractivity contribution in [2.75, 3.05) is 13.2 Å². The van der Waals surface area contributed by atoms with E-state index < -0.39 is 18.9 Å². The lowest BCUT2D eigenvalue weighted by molar-refractivity contribution is -0.160. The van der Waals surface area contributed by atoms with Gasteiger partial charge in [0.15, 0.2) is 6.61 Å². The Morgan fingerprint density at radius 2 is 2.00 bits per heavy atom. The van der Waals surface area contributed by atoms with Gasteiger partial charge in [-0.25, -0.2) is 4.79 Å². The van der Waals surface area contributed by atoms with E-state index in [1.54, 1.807) is 0 Å². The van der Waals surface area contributed by atoms with Crippen molar-refractivity contribution in [1.82, 2.24) is 5.32 Å². The van der Waals surface area contributed by atoms with Crippen molar-refractivity contribution < 1.29 is 22.7 Å². The molecule has 0 aliphatic heterocycles. The molecule has 0 aromatic rings. The number of rotatable bonds is 4. The summed E-state index contributed by atoms with van der Waals surface area (Å²) in [6.07, 6.45) is -3.45. The normalized spacial score (nSPS) is 18.4. The summed E-state index contributed by atoms with van der Waals surface area (Å²) in [5.74, 6) is 0.412. The second-order valence-corrected chi connectivity index (χ2v) is 4.56. The number of carbonyl (C=O) groups is 1. The van der Waals surface area contributed by atoms with Crippen LogP contribution in [0.2, 0.25) is 0 Å². The minimum Gasteiger partial charge on any atom is -0.440 e. The Kier molecular flexibility index (Phi) is 3.70. The fraction of sp³-hybridized carbons (Fsp3) is 0.900. The largest absolute Gasteiger partial charge is 0.440 e. The number of carbonyl (C=O) groups excluding carboxylic acids is 1. The molecule has 6 heteroatoms. The molecule has 0 radical (unpaired) electrons. The Morgan fingerprint density at radius 1 is 1.44 bits per heavy atom. The summed E-state index contributed by atoms with van der Waals surface area (Å²) in [6.45, 7) is 2.93. The highest BCUT2D eigenvalue weighted by Gasteiger charge is 2.45. The van der Waals surface area contributed by atoms with Gasteiger partial charge in [-0.2, -0.15) is 13.2 Å². The van der Waals surface area contributed by atoms with E-state index >= 15 is 0 Å². The molecule has 0 saturated heterocycles. The van der Waals surface area contributed by atoms with Crippen molar-refractivity contribution >= 4 is 6.09 Å². The lowest BCUT2D eigenvalue weighted by Gasteiger charge is -2.19. The Balaban J connectivity index is 2.21. The zero-order valence-corrected chi connectivity index (χ0v) is 9.36. The average molecular weight is 239 g/mol. The lowest BCUT2D eigenvalue weighted by Crippen LogP contribution is -2.34. The van der Waals surface area contributed by atoms with Crippen LogP contribution in [0.5, 0.6) is 0 Å². The number of hydrogen-bond acceptors (Lipinski definition) is 2. The molecule has 1 saturated carbocycles. The van der Waals surface area contributed by atoms with E-state index in [0.29, 0.717) is 12.5 Å². The van der Waals surface area contributed by atoms with Crippen LogP contribution in [-0.4, -0.2) is 25.4 Å². The summed E-state index contributed by atoms with van der Waals surface area (Å²) >= 11 is 0. The third-order valence-electron chi connectivity index (χ3n) is 3.07. The minimum absolute atomic E-state index is 0.0667. The number of amides is 1. The predicted molar refractivity (Wildman–Crippen MR) is 51.9 cm³/mol. The molecule has 1 N–H and O–H groups in total. The molecule has 0 aromatic heterocycles. The second-order valence-electron chi connectivity index (χ2n) is 4.56. The van der Waals surface area contributed by atoms with Crippen molar-refractivity contribution in [1.29, 1.82) is 0 Å². The number of nitrogens with one attached hydrogen (secondary N) is 1. The van der Waals surface area contributed by atoms with Crippen molar-refractivity contribution in [2.24, 2.45) is 11.3 Å². The molecule has 1 rings (SSSR count). The molecule has 0 atom stereocenters. The average Bonchev–Trinajstić information content (AvgIpc) is 2.91. The van der Waals surface area contributed by atoms with Gasteiger partial charge in [0.25, 0.3) is 0 Å². The van der Waals surface area contributed by atoms with Gasteiger partial charge in [-0.3, -0.25) is 0 Å². The molecule has 0 spiro atoms. The molecule has 16 heavy (non-hydrogen) atoms. The van der Waals surface area contributed by atoms with Gasteiger partial charge in [0.1, 0.15) is 0 Å². The topological polar surface area (TPSA) is 38.3 Å². The van der Waals surface area contributed by atoms with Crippen molar-refractivity contribution in [3.05, 3.63) is 0 Å². The zero-order valence-electron chi connectivity index (χ0n) is 9.36. The monoisotopic (exact) mass is 239 g/mol. The van der Waals surface area contributed by atoms with Gasteiger partial charge in [0.05, 0.1) is 0 Å². The van der Waals surface area contributed by atoms with E-state index in [0.717, 1.165) is 12.8 Å². The fourth-order valence-corrected chi connectivity index (χ4v) is 1.57. The highest BCUT2D eigenvalue weighted by atomic mass is 19.4. The second kappa shape index (κ2) is 4.51. The summed E-state index contributed by atoms with van der Waals surface area (Å²) in [5, 5.41) is 2.38. The molecule has 0 aromatic carbocycles. The highest BCUT2D eigenvalue weighted by molar-refractivity contribution is 5.67. The minimum atomic E-state index is -4.47. The first-order chi connectivity index (χ1) is 7.25. The number of halogens is 3. The Hall–Kier alpha value is -0.940. The van der Waals surface area contributed by atoms with Crippen LogP contribution in [-0.2, 0) is 4.74 Å². The van der Waals surface area contributed by atoms with Crippen LogP contribution in [0, 0.1) is 11.3 Å². The molecule has 1 aliphatic carbocycles. The lowest BCUT2D eigenvalue weighted by atomic mass is 9.92. The summed E-state index contributed by atoms with van der Waals surface area (Å²) in [4.78, 5) is 11.0. The van der Waals surface area contributed by atoms with E-state index in [-0.39, 0.29) is 5.41 Å². The molecule has 1 aliphatic rings. The maximum absolute atomic E-state index is 11.7. The molecule has 1 amide bonds. The van der Waals surface area contributed by atoms with Gasteiger partial charge in [-0.05, 0) is 24.2 Å². The predicted octanol–water partition coefficient (Wildman–Crippen LogP) is 2.71. The highest BCUT2D eigenvalue weighted by Crippen LogP contribution is 2.51. The van der Waals surface area contributed by atoms with Crippen molar-refractivity contribution in [2.45, 2.75) is 32.9 Å². The van der Waals surface area contributed by atoms with Gasteiger partial charge >= 0.3 is 12.3 Å². The molecule has 0 heterocycles. The molecule has 1 fully saturated rings. The number of hydrogen-bond donors (Lipinski definition) is 1. The SMILES string of the molecule is CC(C)C1(CNC(=O)OCC(F)(F)F)CC1. The molecule has 0 unspecified atom stereocenters. The standard InChI is InChI=1S/C10H16F3NO2/c1-7(2)9(3-4-9)5-14-8(15)16-6-10(11,12)13/h7H,3-6H2,1-2H3,(H,14,15). The first-order valence-corrected chi connectivity index (χ1v) is 5.23. The van der Waals surface area contributed by atoms with Crippen molar-refractivity contribution in [3.8, 4) is 0 Å². The van der Waals surface area contributed by atoms with Crippen molar-refractivity contribution in [3.63, 3.8) is 0 Å². The summed E-state index contributed by atoms with van der Waals surface area (Å²) in [7, 11) is 0. The van der Waals surface area contributed by atoms with Gasteiger partial charge in [-0.1, -0.05) is 13.8 Å². The van der Waals surface area contributed by atoms with Crippen LogP contribution in [0.25, 0.3) is 0 Å². The number of alkyl halides is 3. The van der Waals surface area contributed by atoms with Crippen LogP contribution < -0.4 is 5.32 Å². The molecule has 0 bridgehead atoms. The Morgan fingerprint density at radius 3 is 2.38 bits per heavy atom. The van der Waals surface area contributed by atoms with Crippen LogP contribution in [0.4, 0.5) is 18.0 Å². The third-order valence-corrected chi connectivity index (χ3v) is 3.07. The molecular formula is C10H16F3NO2. The van der Waals surface area contributed by atoms with E-state index in [2.05, 4.69) is 10.1 Å². The zero-order chi connectivity index (χ0) is 12.4. The van der Waals surface area contributed by atoms with Gasteiger partial charge < -0.3 is 10.1 Å². The van der Waals surface area contributed by atoms with Crippen LogP contribution >= 0.6 is 0 Å². The van der Waals surface area contributed by atoms with Crippen LogP contribution in [0.3, 0.4) is 0 Å². The molecule has 3 nitrogen and oxygen atoms in total. The van der Waals surface area contributed by atoms with Gasteiger partial charge in [0, 0.05) is 6.54 Å². The van der Waals surface area contributed by atoms with E-state index in [9.17, 15) is 18.0 Å². The van der Waals surface area contributed by atoms with E-state index in [4.69, 9.17) is 0 Å². The molecule has 94 valence electrons. The maximum Gasteiger partial charge on any atom is 0.422 e. The number of ether oxygens (including phenoxy) is 1. The first-order valence-electron chi connectivity index (χ1n) is 5.23. The summed E-state index contributed by atoms with van der Waals surface area (Å²) < 4.78 is 39.2. The number of alkyl carbamates (subject to hydrolysis) is 1. The Labute approximate surface area is 92.3 Å². The quantitative estimate of drug-likeness (QED) is 0.819. The maximum atomic E-state index is 11.7. The smallest absolute Gasteiger partial charge is 0.422 e. The Bertz CT molecular complexity index is 259. The summed E-state index contributed by atoms with van der Waals surface area (Å²) in [6, 6.07) is 0. The molecular weight excluding hydrogens is 223 g/mol. The van der Waals surface area contributed by atoms with Crippen LogP contribution in [0.15, 0.2) is 0 Å². The summed E-state index contributed by atoms with van der Waals surface area (Å²) in [5.41, 5.74) is 0.0667. The van der Waals surface area contributed by atoms with Gasteiger partial charge in [0.2, 0.25) is 0 Å². The van der Waals surface area contributed by atoms with Gasteiger partial charge in [-0.15, -0.1) is 0 Å². The van der Waals surface area contributed by atoms with Crippen LogP contribution in [0.1, 0.15) is 26.7 Å². The van der Waals surface area contributed by atoms with E-state index in [1.807, 2.05) is 13.8 Å².